The Labute approximate surface area is 66.2 Å². The molecule has 0 unspecified atom stereocenters. The fourth-order valence-electron chi connectivity index (χ4n) is 1.24. The molecule has 2 aliphatic rings. The Morgan fingerprint density at radius 2 is 2.45 bits per heavy atom. The van der Waals surface area contributed by atoms with Crippen LogP contribution in [0.3, 0.4) is 0 Å². The molecule has 1 aliphatic carbocycles. The zero-order chi connectivity index (χ0) is 7.52. The van der Waals surface area contributed by atoms with E-state index in [2.05, 4.69) is 29.6 Å². The molecule has 0 saturated carbocycles. The van der Waals surface area contributed by atoms with E-state index in [1.807, 2.05) is 0 Å². The molecule has 2 heteroatoms. The third-order valence-electron chi connectivity index (χ3n) is 1.78. The molecule has 2 rings (SSSR count). The zero-order valence-corrected chi connectivity index (χ0v) is 6.34. The van der Waals surface area contributed by atoms with Gasteiger partial charge in [0.15, 0.2) is 0 Å². The van der Waals surface area contributed by atoms with Crippen LogP contribution in [-0.4, -0.2) is 13.2 Å². The first kappa shape index (κ1) is 6.53. The molecule has 58 valence electrons. The summed E-state index contributed by atoms with van der Waals surface area (Å²) in [6, 6.07) is 0. The van der Waals surface area contributed by atoms with Crippen molar-refractivity contribution >= 4 is 0 Å². The summed E-state index contributed by atoms with van der Waals surface area (Å²) < 4.78 is 5.45. The number of rotatable bonds is 0. The molecule has 11 heavy (non-hydrogen) atoms. The number of nitrogens with one attached hydrogen (secondary N) is 1. The van der Waals surface area contributed by atoms with Crippen LogP contribution in [0.25, 0.3) is 0 Å². The molecule has 2 nitrogen and oxygen atoms in total. The molecule has 1 heterocycles. The lowest BCUT2D eigenvalue weighted by Gasteiger charge is -2.20. The summed E-state index contributed by atoms with van der Waals surface area (Å²) in [5.74, 6) is 1.00. The van der Waals surface area contributed by atoms with E-state index in [0.717, 1.165) is 31.0 Å². The van der Waals surface area contributed by atoms with E-state index in [-0.39, 0.29) is 0 Å². The van der Waals surface area contributed by atoms with E-state index in [9.17, 15) is 0 Å². The molecule has 1 fully saturated rings. The van der Waals surface area contributed by atoms with Crippen molar-refractivity contribution in [2.24, 2.45) is 0 Å². The van der Waals surface area contributed by atoms with Crippen molar-refractivity contribution in [1.29, 1.82) is 0 Å². The minimum Gasteiger partial charge on any atom is -0.490 e. The summed E-state index contributed by atoms with van der Waals surface area (Å²) in [5, 5.41) is 3.28. The maximum absolute atomic E-state index is 5.45. The first-order chi connectivity index (χ1) is 5.47. The highest BCUT2D eigenvalue weighted by Gasteiger charge is 2.10. The fraction of sp³-hybridized carbons (Fsp3) is 0.333. The van der Waals surface area contributed by atoms with Gasteiger partial charge in [-0.3, -0.25) is 0 Å². The maximum Gasteiger partial charge on any atom is 0.138 e. The smallest absolute Gasteiger partial charge is 0.138 e. The topological polar surface area (TPSA) is 21.3 Å². The SMILES string of the molecule is C1=CCC=C2OCCNC2=C1. The van der Waals surface area contributed by atoms with Gasteiger partial charge in [-0.15, -0.1) is 0 Å². The molecular formula is C9H11NO. The number of ether oxygens (including phenoxy) is 1. The molecule has 1 N–H and O–H groups in total. The van der Waals surface area contributed by atoms with Crippen molar-refractivity contribution in [2.45, 2.75) is 6.42 Å². The molecule has 0 amide bonds. The molecule has 0 aromatic carbocycles. The van der Waals surface area contributed by atoms with Gasteiger partial charge in [0, 0.05) is 6.54 Å². The van der Waals surface area contributed by atoms with E-state index in [1.54, 1.807) is 0 Å². The van der Waals surface area contributed by atoms with Gasteiger partial charge < -0.3 is 10.1 Å². The lowest BCUT2D eigenvalue weighted by molar-refractivity contribution is 0.196. The first-order valence-electron chi connectivity index (χ1n) is 3.91. The number of hydrogen-bond donors (Lipinski definition) is 1. The number of morpholine rings is 1. The van der Waals surface area contributed by atoms with Gasteiger partial charge in [-0.05, 0) is 18.6 Å². The van der Waals surface area contributed by atoms with Gasteiger partial charge in [0.1, 0.15) is 12.4 Å². The van der Waals surface area contributed by atoms with E-state index >= 15 is 0 Å². The van der Waals surface area contributed by atoms with Crippen LogP contribution in [0.4, 0.5) is 0 Å². The van der Waals surface area contributed by atoms with Gasteiger partial charge in [0.05, 0.1) is 5.70 Å². The highest BCUT2D eigenvalue weighted by atomic mass is 16.5. The first-order valence-corrected chi connectivity index (χ1v) is 3.91. The summed E-state index contributed by atoms with van der Waals surface area (Å²) in [5.41, 5.74) is 1.12. The second kappa shape index (κ2) is 2.82. The number of allylic oxidation sites excluding steroid dienone is 4. The van der Waals surface area contributed by atoms with Crippen molar-refractivity contribution < 1.29 is 4.74 Å². The number of fused-ring (bicyclic) bond motifs is 1. The Bertz CT molecular complexity index is 238. The summed E-state index contributed by atoms with van der Waals surface area (Å²) >= 11 is 0. The molecule has 0 aromatic rings. The average molecular weight is 149 g/mol. The van der Waals surface area contributed by atoms with Gasteiger partial charge in [-0.1, -0.05) is 12.2 Å². The van der Waals surface area contributed by atoms with Crippen LogP contribution in [0.1, 0.15) is 6.42 Å². The van der Waals surface area contributed by atoms with E-state index in [0.29, 0.717) is 0 Å². The van der Waals surface area contributed by atoms with Crippen molar-refractivity contribution in [3.05, 3.63) is 35.8 Å². The molecule has 0 radical (unpaired) electrons. The summed E-state index contributed by atoms with van der Waals surface area (Å²) in [6.07, 6.45) is 9.29. The Morgan fingerprint density at radius 3 is 3.45 bits per heavy atom. The van der Waals surface area contributed by atoms with E-state index in [4.69, 9.17) is 4.74 Å². The normalized spacial score (nSPS) is 21.8. The van der Waals surface area contributed by atoms with Crippen LogP contribution < -0.4 is 5.32 Å². The van der Waals surface area contributed by atoms with Crippen LogP contribution in [0, 0.1) is 0 Å². The van der Waals surface area contributed by atoms with Crippen LogP contribution in [-0.2, 0) is 4.74 Å². The van der Waals surface area contributed by atoms with Gasteiger partial charge in [-0.2, -0.15) is 0 Å². The number of hydrogen-bond acceptors (Lipinski definition) is 2. The minimum atomic E-state index is 0.781. The Morgan fingerprint density at radius 1 is 1.45 bits per heavy atom. The molecule has 0 atom stereocenters. The highest BCUT2D eigenvalue weighted by molar-refractivity contribution is 5.32. The third kappa shape index (κ3) is 1.29. The lowest BCUT2D eigenvalue weighted by atomic mass is 10.3. The fourth-order valence-corrected chi connectivity index (χ4v) is 1.24. The molecule has 0 aromatic heterocycles. The van der Waals surface area contributed by atoms with Crippen molar-refractivity contribution in [1.82, 2.24) is 5.32 Å². The quantitative estimate of drug-likeness (QED) is 0.561. The van der Waals surface area contributed by atoms with Gasteiger partial charge in [0.25, 0.3) is 0 Å². The summed E-state index contributed by atoms with van der Waals surface area (Å²) in [4.78, 5) is 0. The minimum absolute atomic E-state index is 0.781. The Hall–Kier alpha value is -1.18. The largest absolute Gasteiger partial charge is 0.490 e. The molecule has 1 aliphatic heterocycles. The Balaban J connectivity index is 2.26. The van der Waals surface area contributed by atoms with Crippen LogP contribution >= 0.6 is 0 Å². The second-order valence-electron chi connectivity index (χ2n) is 2.59. The molecule has 1 saturated heterocycles. The maximum atomic E-state index is 5.45. The van der Waals surface area contributed by atoms with Crippen molar-refractivity contribution in [2.75, 3.05) is 13.2 Å². The predicted molar refractivity (Wildman–Crippen MR) is 43.9 cm³/mol. The lowest BCUT2D eigenvalue weighted by Crippen LogP contribution is -2.27. The zero-order valence-electron chi connectivity index (χ0n) is 6.34. The van der Waals surface area contributed by atoms with Crippen molar-refractivity contribution in [3.63, 3.8) is 0 Å². The monoisotopic (exact) mass is 149 g/mol. The summed E-state index contributed by atoms with van der Waals surface area (Å²) in [7, 11) is 0. The third-order valence-corrected chi connectivity index (χ3v) is 1.78. The van der Waals surface area contributed by atoms with Gasteiger partial charge >= 0.3 is 0 Å². The van der Waals surface area contributed by atoms with Crippen LogP contribution in [0.5, 0.6) is 0 Å². The summed E-state index contributed by atoms with van der Waals surface area (Å²) in [6.45, 7) is 1.69. The highest BCUT2D eigenvalue weighted by Crippen LogP contribution is 2.15. The van der Waals surface area contributed by atoms with E-state index < -0.39 is 0 Å². The standard InChI is InChI=1S/C9H11NO/c1-2-4-8-9(5-3-1)11-7-6-10-8/h1-2,4-5,10H,3,6-7H2. The molecular weight excluding hydrogens is 138 g/mol. The van der Waals surface area contributed by atoms with Crippen LogP contribution in [0.2, 0.25) is 0 Å². The second-order valence-corrected chi connectivity index (χ2v) is 2.59. The Kier molecular flexibility index (Phi) is 1.68. The predicted octanol–water partition coefficient (Wildman–Crippen LogP) is 1.33. The average Bonchev–Trinajstić information content (AvgIpc) is 2.28. The van der Waals surface area contributed by atoms with Crippen LogP contribution in [0.15, 0.2) is 35.8 Å². The van der Waals surface area contributed by atoms with Crippen molar-refractivity contribution in [3.8, 4) is 0 Å². The molecule has 0 spiro atoms. The van der Waals surface area contributed by atoms with Gasteiger partial charge in [0.2, 0.25) is 0 Å². The van der Waals surface area contributed by atoms with E-state index in [1.165, 1.54) is 0 Å². The molecule has 0 bridgehead atoms. The van der Waals surface area contributed by atoms with Gasteiger partial charge in [-0.25, -0.2) is 0 Å².